The minimum atomic E-state index is -0.726. The van der Waals surface area contributed by atoms with E-state index < -0.39 is 16.5 Å². The summed E-state index contributed by atoms with van der Waals surface area (Å²) in [5.41, 5.74) is -0.493. The SMILES string of the molecule is CC1(CN2CCC(C(=O)O)CC2)Cn2cc([N+](=O)[O-])nc2O1. The molecule has 0 aromatic carbocycles. The molecule has 2 aliphatic rings. The highest BCUT2D eigenvalue weighted by Crippen LogP contribution is 2.32. The van der Waals surface area contributed by atoms with Crippen LogP contribution >= 0.6 is 0 Å². The third-order valence-corrected chi connectivity index (χ3v) is 4.25. The number of aliphatic carboxylic acids is 1. The summed E-state index contributed by atoms with van der Waals surface area (Å²) in [5, 5.41) is 19.7. The van der Waals surface area contributed by atoms with Gasteiger partial charge < -0.3 is 20.0 Å². The third-order valence-electron chi connectivity index (χ3n) is 4.25. The van der Waals surface area contributed by atoms with E-state index in [1.165, 1.54) is 6.20 Å². The number of ether oxygens (including phenoxy) is 1. The van der Waals surface area contributed by atoms with Gasteiger partial charge in [-0.15, -0.1) is 0 Å². The zero-order chi connectivity index (χ0) is 15.9. The van der Waals surface area contributed by atoms with Gasteiger partial charge in [-0.25, -0.2) is 0 Å². The molecule has 1 aromatic heterocycles. The number of aromatic nitrogens is 2. The molecule has 1 aromatic rings. The Morgan fingerprint density at radius 3 is 2.82 bits per heavy atom. The number of likely N-dealkylation sites (tertiary alicyclic amines) is 1. The van der Waals surface area contributed by atoms with Crippen LogP contribution in [0.15, 0.2) is 6.20 Å². The van der Waals surface area contributed by atoms with Crippen LogP contribution in [-0.2, 0) is 11.3 Å². The molecular weight excluding hydrogens is 292 g/mol. The molecule has 0 saturated carbocycles. The molecule has 9 heteroatoms. The van der Waals surface area contributed by atoms with Crippen LogP contribution < -0.4 is 4.74 Å². The number of hydrogen-bond acceptors (Lipinski definition) is 6. The Bertz CT molecular complexity index is 582. The van der Waals surface area contributed by atoms with Crippen LogP contribution in [0.1, 0.15) is 19.8 Å². The van der Waals surface area contributed by atoms with Crippen molar-refractivity contribution in [1.82, 2.24) is 14.5 Å². The Kier molecular flexibility index (Phi) is 3.51. The fourth-order valence-electron chi connectivity index (χ4n) is 3.17. The maximum atomic E-state index is 11.0. The molecule has 1 saturated heterocycles. The van der Waals surface area contributed by atoms with Gasteiger partial charge in [0.1, 0.15) is 11.8 Å². The van der Waals surface area contributed by atoms with E-state index in [1.54, 1.807) is 4.57 Å². The smallest absolute Gasteiger partial charge is 0.415 e. The highest BCUT2D eigenvalue weighted by Gasteiger charge is 2.42. The average Bonchev–Trinajstić information content (AvgIpc) is 2.94. The van der Waals surface area contributed by atoms with E-state index in [1.807, 2.05) is 6.92 Å². The standard InChI is InChI=1S/C13H18N4O5/c1-13(7-15-4-2-9(3-5-15)11(18)19)8-16-6-10(17(20)21)14-12(16)22-13/h6,9H,2-5,7-8H2,1H3,(H,18,19). The number of carboxylic acids is 1. The molecule has 1 fully saturated rings. The Morgan fingerprint density at radius 2 is 2.27 bits per heavy atom. The van der Waals surface area contributed by atoms with Gasteiger partial charge in [0.05, 0.1) is 12.5 Å². The van der Waals surface area contributed by atoms with Crippen molar-refractivity contribution in [3.8, 4) is 6.01 Å². The number of piperidine rings is 1. The van der Waals surface area contributed by atoms with Gasteiger partial charge in [-0.3, -0.25) is 14.3 Å². The van der Waals surface area contributed by atoms with Gasteiger partial charge in [0, 0.05) is 11.5 Å². The van der Waals surface area contributed by atoms with Crippen molar-refractivity contribution in [3.05, 3.63) is 16.3 Å². The van der Waals surface area contributed by atoms with E-state index in [-0.39, 0.29) is 17.7 Å². The largest absolute Gasteiger partial charge is 0.481 e. The Hall–Kier alpha value is -2.16. The van der Waals surface area contributed by atoms with Gasteiger partial charge in [-0.05, 0) is 37.8 Å². The molecule has 1 atom stereocenters. The second-order valence-electron chi connectivity index (χ2n) is 6.21. The van der Waals surface area contributed by atoms with E-state index in [0.717, 1.165) is 13.1 Å². The number of hydrogen-bond donors (Lipinski definition) is 1. The number of carbonyl (C=O) groups is 1. The molecule has 22 heavy (non-hydrogen) atoms. The first-order valence-corrected chi connectivity index (χ1v) is 7.22. The second kappa shape index (κ2) is 5.24. The van der Waals surface area contributed by atoms with Gasteiger partial charge in [-0.1, -0.05) is 0 Å². The maximum absolute atomic E-state index is 11.0. The lowest BCUT2D eigenvalue weighted by Crippen LogP contribution is -2.48. The van der Waals surface area contributed by atoms with Crippen molar-refractivity contribution in [3.63, 3.8) is 0 Å². The predicted molar refractivity (Wildman–Crippen MR) is 74.7 cm³/mol. The Balaban J connectivity index is 1.59. The maximum Gasteiger partial charge on any atom is 0.415 e. The molecule has 3 rings (SSSR count). The minimum Gasteiger partial charge on any atom is -0.481 e. The van der Waals surface area contributed by atoms with E-state index in [2.05, 4.69) is 9.88 Å². The first kappa shape index (κ1) is 14.8. The van der Waals surface area contributed by atoms with Crippen LogP contribution in [0.5, 0.6) is 6.01 Å². The number of rotatable bonds is 4. The first-order valence-electron chi connectivity index (χ1n) is 7.22. The van der Waals surface area contributed by atoms with Crippen LogP contribution in [0.3, 0.4) is 0 Å². The van der Waals surface area contributed by atoms with Crippen molar-refractivity contribution < 1.29 is 19.6 Å². The number of imidazole rings is 1. The molecule has 1 unspecified atom stereocenters. The zero-order valence-corrected chi connectivity index (χ0v) is 12.3. The number of nitrogens with zero attached hydrogens (tertiary/aromatic N) is 4. The normalized spacial score (nSPS) is 25.7. The van der Waals surface area contributed by atoms with Crippen molar-refractivity contribution in [2.24, 2.45) is 5.92 Å². The van der Waals surface area contributed by atoms with Crippen molar-refractivity contribution in [1.29, 1.82) is 0 Å². The second-order valence-corrected chi connectivity index (χ2v) is 6.21. The Morgan fingerprint density at radius 1 is 1.59 bits per heavy atom. The van der Waals surface area contributed by atoms with E-state index in [0.29, 0.717) is 25.9 Å². The summed E-state index contributed by atoms with van der Waals surface area (Å²) >= 11 is 0. The molecule has 9 nitrogen and oxygen atoms in total. The topological polar surface area (TPSA) is 111 Å². The summed E-state index contributed by atoms with van der Waals surface area (Å²) in [6, 6.07) is 0.273. The third kappa shape index (κ3) is 2.76. The average molecular weight is 310 g/mol. The van der Waals surface area contributed by atoms with Gasteiger partial charge >= 0.3 is 17.8 Å². The molecule has 0 aliphatic carbocycles. The lowest BCUT2D eigenvalue weighted by molar-refractivity contribution is -0.389. The van der Waals surface area contributed by atoms with Crippen LogP contribution in [0, 0.1) is 16.0 Å². The van der Waals surface area contributed by atoms with E-state index >= 15 is 0 Å². The number of carboxylic acid groups (broad SMARTS) is 1. The van der Waals surface area contributed by atoms with Gasteiger partial charge in [0.25, 0.3) is 0 Å². The molecule has 2 aliphatic heterocycles. The minimum absolute atomic E-state index is 0.209. The van der Waals surface area contributed by atoms with Crippen LogP contribution in [0.4, 0.5) is 5.82 Å². The first-order chi connectivity index (χ1) is 10.4. The van der Waals surface area contributed by atoms with Gasteiger partial charge in [0.15, 0.2) is 0 Å². The lowest BCUT2D eigenvalue weighted by Gasteiger charge is -2.35. The van der Waals surface area contributed by atoms with Crippen LogP contribution in [0.2, 0.25) is 0 Å². The van der Waals surface area contributed by atoms with Crippen LogP contribution in [0.25, 0.3) is 0 Å². The molecular formula is C13H18N4O5. The highest BCUT2D eigenvalue weighted by atomic mass is 16.6. The fourth-order valence-corrected chi connectivity index (χ4v) is 3.17. The molecule has 0 amide bonds. The highest BCUT2D eigenvalue weighted by molar-refractivity contribution is 5.70. The summed E-state index contributed by atoms with van der Waals surface area (Å²) in [7, 11) is 0. The summed E-state index contributed by atoms with van der Waals surface area (Å²) < 4.78 is 7.45. The zero-order valence-electron chi connectivity index (χ0n) is 12.3. The quantitative estimate of drug-likeness (QED) is 0.645. The fraction of sp³-hybridized carbons (Fsp3) is 0.692. The van der Waals surface area contributed by atoms with Gasteiger partial charge in [0.2, 0.25) is 0 Å². The molecule has 0 radical (unpaired) electrons. The molecule has 1 N–H and O–H groups in total. The lowest BCUT2D eigenvalue weighted by atomic mass is 9.95. The molecule has 0 spiro atoms. The number of nitro groups is 1. The van der Waals surface area contributed by atoms with Crippen molar-refractivity contribution in [2.45, 2.75) is 31.9 Å². The van der Waals surface area contributed by atoms with Crippen molar-refractivity contribution >= 4 is 11.8 Å². The molecule has 120 valence electrons. The van der Waals surface area contributed by atoms with E-state index in [4.69, 9.17) is 9.84 Å². The summed E-state index contributed by atoms with van der Waals surface area (Å²) in [6.07, 6.45) is 2.67. The number of fused-ring (bicyclic) bond motifs is 1. The predicted octanol–water partition coefficient (Wildman–Crippen LogP) is 0.739. The molecule has 3 heterocycles. The summed E-state index contributed by atoms with van der Waals surface area (Å²) in [5.74, 6) is -1.19. The van der Waals surface area contributed by atoms with Crippen LogP contribution in [-0.4, -0.2) is 55.7 Å². The van der Waals surface area contributed by atoms with Gasteiger partial charge in [-0.2, -0.15) is 0 Å². The summed E-state index contributed by atoms with van der Waals surface area (Å²) in [6.45, 7) is 4.53. The Labute approximate surface area is 126 Å². The van der Waals surface area contributed by atoms with Crippen molar-refractivity contribution in [2.75, 3.05) is 19.6 Å². The monoisotopic (exact) mass is 310 g/mol. The van der Waals surface area contributed by atoms with E-state index in [9.17, 15) is 14.9 Å². The molecule has 0 bridgehead atoms. The summed E-state index contributed by atoms with van der Waals surface area (Å²) in [4.78, 5) is 27.1.